The topological polar surface area (TPSA) is 86.6 Å². The average Bonchev–Trinajstić information content (AvgIpc) is 3.26. The first kappa shape index (κ1) is 23.3. The Hall–Kier alpha value is -3.89. The van der Waals surface area contributed by atoms with Crippen LogP contribution in [0.3, 0.4) is 0 Å². The van der Waals surface area contributed by atoms with Gasteiger partial charge in [-0.25, -0.2) is 4.68 Å². The number of aromatic nitrogens is 2. The van der Waals surface area contributed by atoms with Crippen LogP contribution in [0.2, 0.25) is 0 Å². The van der Waals surface area contributed by atoms with Gasteiger partial charge in [0, 0.05) is 18.2 Å². The molecule has 2 atom stereocenters. The smallest absolute Gasteiger partial charge is 0.410 e. The molecule has 2 aromatic carbocycles. The first-order valence-electron chi connectivity index (χ1n) is 10.3. The molecular weight excluding hydrogens is 453 g/mol. The molecule has 8 nitrogen and oxygen atoms in total. The molecule has 34 heavy (non-hydrogen) atoms. The van der Waals surface area contributed by atoms with Crippen LogP contribution in [0.15, 0.2) is 48.7 Å². The van der Waals surface area contributed by atoms with Crippen molar-refractivity contribution in [3.05, 3.63) is 59.8 Å². The molecule has 1 aliphatic rings. The van der Waals surface area contributed by atoms with Crippen LogP contribution < -0.4 is 24.8 Å². The van der Waals surface area contributed by atoms with E-state index in [0.29, 0.717) is 28.5 Å². The van der Waals surface area contributed by atoms with Crippen LogP contribution >= 0.6 is 0 Å². The molecule has 4 rings (SSSR count). The molecular formula is C23H23F3N4O4. The molecule has 0 unspecified atom stereocenters. The molecule has 0 aliphatic carbocycles. The maximum Gasteiger partial charge on any atom is 0.410 e. The van der Waals surface area contributed by atoms with Crippen molar-refractivity contribution in [3.8, 4) is 17.2 Å². The van der Waals surface area contributed by atoms with E-state index in [-0.39, 0.29) is 17.8 Å². The van der Waals surface area contributed by atoms with Crippen molar-refractivity contribution < 1.29 is 32.2 Å². The van der Waals surface area contributed by atoms with Gasteiger partial charge >= 0.3 is 6.18 Å². The fourth-order valence-corrected chi connectivity index (χ4v) is 3.90. The van der Waals surface area contributed by atoms with Crippen molar-refractivity contribution >= 4 is 17.4 Å². The maximum absolute atomic E-state index is 13.9. The Balaban J connectivity index is 1.65. The van der Waals surface area contributed by atoms with Gasteiger partial charge in [0.05, 0.1) is 33.6 Å². The minimum atomic E-state index is -4.55. The Labute approximate surface area is 193 Å². The third-order valence-corrected chi connectivity index (χ3v) is 5.64. The Morgan fingerprint density at radius 2 is 1.76 bits per heavy atom. The van der Waals surface area contributed by atoms with Gasteiger partial charge in [0.15, 0.2) is 17.5 Å². The Morgan fingerprint density at radius 3 is 2.38 bits per heavy atom. The zero-order valence-corrected chi connectivity index (χ0v) is 18.6. The lowest BCUT2D eigenvalue weighted by Crippen LogP contribution is -2.36. The summed E-state index contributed by atoms with van der Waals surface area (Å²) >= 11 is 0. The number of halogens is 3. The van der Waals surface area contributed by atoms with Crippen LogP contribution in [0.4, 0.5) is 24.7 Å². The lowest BCUT2D eigenvalue weighted by atomic mass is 9.96. The highest BCUT2D eigenvalue weighted by atomic mass is 19.4. The highest BCUT2D eigenvalue weighted by Gasteiger charge is 2.47. The second-order valence-corrected chi connectivity index (χ2v) is 7.64. The zero-order chi connectivity index (χ0) is 24.5. The summed E-state index contributed by atoms with van der Waals surface area (Å²) in [6.07, 6.45) is -3.69. The van der Waals surface area contributed by atoms with Crippen molar-refractivity contribution in [1.82, 2.24) is 9.78 Å². The number of alkyl halides is 3. The molecule has 0 spiro atoms. The molecule has 3 aromatic rings. The van der Waals surface area contributed by atoms with Crippen LogP contribution in [0.5, 0.6) is 17.2 Å². The average molecular weight is 476 g/mol. The summed E-state index contributed by atoms with van der Waals surface area (Å²) in [6, 6.07) is 8.93. The number of rotatable bonds is 6. The quantitative estimate of drug-likeness (QED) is 0.531. The molecule has 180 valence electrons. The number of ether oxygens (including phenoxy) is 3. The van der Waals surface area contributed by atoms with E-state index in [1.807, 2.05) is 0 Å². The van der Waals surface area contributed by atoms with E-state index in [2.05, 4.69) is 15.7 Å². The molecule has 0 saturated carbocycles. The summed E-state index contributed by atoms with van der Waals surface area (Å²) in [5.41, 5.74) is 1.01. The number of anilines is 2. The van der Waals surface area contributed by atoms with Crippen molar-refractivity contribution in [1.29, 1.82) is 0 Å². The number of carbonyl (C=O) groups excluding carboxylic acids is 1. The number of hydrogen-bond acceptors (Lipinski definition) is 6. The van der Waals surface area contributed by atoms with E-state index >= 15 is 0 Å². The van der Waals surface area contributed by atoms with Gasteiger partial charge in [-0.1, -0.05) is 12.1 Å². The summed E-state index contributed by atoms with van der Waals surface area (Å²) in [4.78, 5) is 13.0. The molecule has 2 heterocycles. The number of nitrogens with zero attached hydrogens (tertiary/aromatic N) is 2. The van der Waals surface area contributed by atoms with Gasteiger partial charge in [-0.15, -0.1) is 0 Å². The van der Waals surface area contributed by atoms with E-state index in [1.54, 1.807) is 42.5 Å². The third kappa shape index (κ3) is 4.45. The van der Waals surface area contributed by atoms with Crippen molar-refractivity contribution in [2.45, 2.75) is 24.7 Å². The largest absolute Gasteiger partial charge is 0.497 e. The van der Waals surface area contributed by atoms with E-state index in [1.165, 1.54) is 21.3 Å². The van der Waals surface area contributed by atoms with Crippen molar-refractivity contribution in [2.75, 3.05) is 32.0 Å². The third-order valence-electron chi connectivity index (χ3n) is 5.64. The van der Waals surface area contributed by atoms with Gasteiger partial charge in [0.2, 0.25) is 0 Å². The van der Waals surface area contributed by atoms with Crippen molar-refractivity contribution in [3.63, 3.8) is 0 Å². The summed E-state index contributed by atoms with van der Waals surface area (Å²) in [5, 5.41) is 9.63. The van der Waals surface area contributed by atoms with Crippen LogP contribution in [-0.4, -0.2) is 43.2 Å². The molecule has 0 bridgehead atoms. The number of benzene rings is 2. The fraction of sp³-hybridized carbons (Fsp3) is 0.304. The minimum Gasteiger partial charge on any atom is -0.497 e. The van der Waals surface area contributed by atoms with Crippen LogP contribution in [0.25, 0.3) is 0 Å². The van der Waals surface area contributed by atoms with Gasteiger partial charge < -0.3 is 24.8 Å². The predicted molar refractivity (Wildman–Crippen MR) is 119 cm³/mol. The number of hydrogen-bond donors (Lipinski definition) is 2. The number of fused-ring (bicyclic) bond motifs is 1. The Kier molecular flexibility index (Phi) is 6.27. The van der Waals surface area contributed by atoms with Gasteiger partial charge in [0.25, 0.3) is 5.91 Å². The normalized spacial score (nSPS) is 17.4. The molecule has 1 amide bonds. The number of carbonyl (C=O) groups is 1. The van der Waals surface area contributed by atoms with Gasteiger partial charge in [0.1, 0.15) is 17.1 Å². The zero-order valence-electron chi connectivity index (χ0n) is 18.6. The second kappa shape index (κ2) is 9.16. The summed E-state index contributed by atoms with van der Waals surface area (Å²) in [7, 11) is 4.45. The molecule has 0 saturated heterocycles. The highest BCUT2D eigenvalue weighted by molar-refractivity contribution is 6.07. The summed E-state index contributed by atoms with van der Waals surface area (Å²) in [6.45, 7) is 0. The molecule has 1 aromatic heterocycles. The Bertz CT molecular complexity index is 1180. The fourth-order valence-electron chi connectivity index (χ4n) is 3.90. The number of nitrogens with one attached hydrogen (secondary N) is 2. The lowest BCUT2D eigenvalue weighted by Gasteiger charge is -2.34. The maximum atomic E-state index is 13.9. The second-order valence-electron chi connectivity index (χ2n) is 7.64. The predicted octanol–water partition coefficient (Wildman–Crippen LogP) is 4.82. The molecule has 0 fully saturated rings. The van der Waals surface area contributed by atoms with Crippen LogP contribution in [0.1, 0.15) is 34.4 Å². The van der Waals surface area contributed by atoms with Gasteiger partial charge in [-0.2, -0.15) is 18.3 Å². The summed E-state index contributed by atoms with van der Waals surface area (Å²) < 4.78 is 58.1. The van der Waals surface area contributed by atoms with E-state index in [9.17, 15) is 18.0 Å². The van der Waals surface area contributed by atoms with Gasteiger partial charge in [-0.3, -0.25) is 4.79 Å². The standard InChI is InChI=1S/C23H23F3N4O4/c1-32-15-7-4-13(5-8-15)17-11-20(23(24,25)26)30-21(29-17)16(12-27-30)22(31)28-14-6-9-18(33-2)19(10-14)34-3/h4-10,12,17,20,29H,11H2,1-3H3,(H,28,31)/t17-,20-/m1/s1. The number of amides is 1. The molecule has 2 N–H and O–H groups in total. The first-order valence-corrected chi connectivity index (χ1v) is 10.3. The molecule has 0 radical (unpaired) electrons. The SMILES string of the molecule is COc1ccc([C@H]2C[C@H](C(F)(F)F)n3ncc(C(=O)Nc4ccc(OC)c(OC)c4)c3N2)cc1. The van der Waals surface area contributed by atoms with E-state index < -0.39 is 24.2 Å². The van der Waals surface area contributed by atoms with E-state index in [4.69, 9.17) is 14.2 Å². The van der Waals surface area contributed by atoms with Gasteiger partial charge in [-0.05, 0) is 29.8 Å². The summed E-state index contributed by atoms with van der Waals surface area (Å²) in [5.74, 6) is 0.837. The molecule has 11 heteroatoms. The number of methoxy groups -OCH3 is 3. The first-order chi connectivity index (χ1) is 16.2. The van der Waals surface area contributed by atoms with E-state index in [0.717, 1.165) is 10.9 Å². The minimum absolute atomic E-state index is 0.00707. The van der Waals surface area contributed by atoms with Crippen LogP contribution in [0, 0.1) is 0 Å². The van der Waals surface area contributed by atoms with Crippen molar-refractivity contribution in [2.24, 2.45) is 0 Å². The monoisotopic (exact) mass is 476 g/mol. The Morgan fingerprint density at radius 1 is 1.06 bits per heavy atom. The lowest BCUT2D eigenvalue weighted by molar-refractivity contribution is -0.173. The highest BCUT2D eigenvalue weighted by Crippen LogP contribution is 2.44. The van der Waals surface area contributed by atoms with Crippen LogP contribution in [-0.2, 0) is 0 Å². The molecule has 1 aliphatic heterocycles.